The van der Waals surface area contributed by atoms with Gasteiger partial charge < -0.3 is 29.9 Å². The van der Waals surface area contributed by atoms with Gasteiger partial charge in [-0.15, -0.1) is 0 Å². The molecule has 0 radical (unpaired) electrons. The molecule has 2 aromatic carbocycles. The van der Waals surface area contributed by atoms with Crippen LogP contribution in [0.25, 0.3) is 10.8 Å². The van der Waals surface area contributed by atoms with Gasteiger partial charge in [0.1, 0.15) is 11.6 Å². The number of likely N-dealkylation sites (tertiary alicyclic amines) is 1. The van der Waals surface area contributed by atoms with E-state index >= 15 is 0 Å². The highest BCUT2D eigenvalue weighted by atomic mass is 79.9. The van der Waals surface area contributed by atoms with Crippen molar-refractivity contribution >= 4 is 38.2 Å². The van der Waals surface area contributed by atoms with Crippen LogP contribution in [0.15, 0.2) is 34.8 Å². The second kappa shape index (κ2) is 10.3. The summed E-state index contributed by atoms with van der Waals surface area (Å²) in [6.45, 7) is 7.78. The number of ether oxygens (including phenoxy) is 1. The van der Waals surface area contributed by atoms with Gasteiger partial charge in [0.05, 0.1) is 18.8 Å². The second-order valence-electron chi connectivity index (χ2n) is 13.0. The maximum atomic E-state index is 10.6. The molecule has 2 atom stereocenters. The van der Waals surface area contributed by atoms with E-state index in [4.69, 9.17) is 14.7 Å². The number of phenolic OH excluding ortho intramolecular Hbond substituents is 1. The molecule has 216 valence electrons. The Kier molecular flexibility index (Phi) is 6.53. The minimum atomic E-state index is 0.261. The fourth-order valence-electron chi connectivity index (χ4n) is 7.64. The van der Waals surface area contributed by atoms with Gasteiger partial charge in [0.2, 0.25) is 0 Å². The zero-order chi connectivity index (χ0) is 27.6. The maximum Gasteiger partial charge on any atom is 0.318 e. The van der Waals surface area contributed by atoms with E-state index in [1.807, 2.05) is 18.2 Å². The molecule has 2 bridgehead atoms. The lowest BCUT2D eigenvalue weighted by Crippen LogP contribution is -2.52. The number of phenols is 1. The summed E-state index contributed by atoms with van der Waals surface area (Å²) in [4.78, 5) is 17.7. The molecule has 3 saturated heterocycles. The summed E-state index contributed by atoms with van der Waals surface area (Å²) < 4.78 is 7.54. The summed E-state index contributed by atoms with van der Waals surface area (Å²) in [7, 11) is 0. The van der Waals surface area contributed by atoms with Crippen LogP contribution in [0.1, 0.15) is 49.8 Å². The first kappa shape index (κ1) is 26.0. The minimum Gasteiger partial charge on any atom is -0.508 e. The fraction of sp³-hybridized carbons (Fsp3) is 0.562. The van der Waals surface area contributed by atoms with E-state index in [2.05, 4.69) is 48.1 Å². The van der Waals surface area contributed by atoms with Crippen molar-refractivity contribution in [1.29, 1.82) is 0 Å². The van der Waals surface area contributed by atoms with E-state index in [0.717, 1.165) is 65.0 Å². The Hall–Kier alpha value is -2.62. The number of piperazine rings is 1. The summed E-state index contributed by atoms with van der Waals surface area (Å²) in [6.07, 6.45) is 8.45. The number of nitrogens with one attached hydrogen (secondary N) is 1. The van der Waals surface area contributed by atoms with Gasteiger partial charge in [-0.05, 0) is 75.6 Å². The van der Waals surface area contributed by atoms with E-state index in [9.17, 15) is 5.11 Å². The molecule has 1 aromatic heterocycles. The van der Waals surface area contributed by atoms with E-state index in [1.54, 1.807) is 0 Å². The smallest absolute Gasteiger partial charge is 0.318 e. The number of aromatic nitrogens is 2. The second-order valence-corrected chi connectivity index (χ2v) is 13.9. The number of nitrogens with zero attached hydrogens (tertiary/aromatic N) is 5. The van der Waals surface area contributed by atoms with Gasteiger partial charge in [-0.25, -0.2) is 0 Å². The van der Waals surface area contributed by atoms with E-state index in [-0.39, 0.29) is 11.2 Å². The van der Waals surface area contributed by atoms with Crippen LogP contribution in [0.3, 0.4) is 0 Å². The van der Waals surface area contributed by atoms with Gasteiger partial charge in [0.25, 0.3) is 0 Å². The Bertz CT molecular complexity index is 1460. The van der Waals surface area contributed by atoms with Crippen molar-refractivity contribution in [3.8, 4) is 11.8 Å². The lowest BCUT2D eigenvalue weighted by molar-refractivity contribution is 0.169. The average molecular weight is 620 g/mol. The largest absolute Gasteiger partial charge is 0.508 e. The zero-order valence-electron chi connectivity index (χ0n) is 23.6. The Morgan fingerprint density at radius 3 is 2.61 bits per heavy atom. The molecule has 3 aromatic rings. The molecule has 4 aliphatic heterocycles. The van der Waals surface area contributed by atoms with Crippen LogP contribution in [-0.4, -0.2) is 77.9 Å². The molecule has 2 unspecified atom stereocenters. The molecule has 0 amide bonds. The third kappa shape index (κ3) is 5.04. The van der Waals surface area contributed by atoms with E-state index in [0.29, 0.717) is 31.2 Å². The molecular formula is C32H39BrN6O2. The molecular weight excluding hydrogens is 580 g/mol. The van der Waals surface area contributed by atoms with Crippen molar-refractivity contribution in [2.45, 2.75) is 63.6 Å². The summed E-state index contributed by atoms with van der Waals surface area (Å²) in [6, 6.07) is 11.5. The molecule has 8 rings (SSSR count). The van der Waals surface area contributed by atoms with Crippen LogP contribution in [0, 0.1) is 5.41 Å². The van der Waals surface area contributed by atoms with Crippen LogP contribution >= 0.6 is 15.9 Å². The first-order valence-electron chi connectivity index (χ1n) is 15.4. The monoisotopic (exact) mass is 618 g/mol. The molecule has 5 heterocycles. The van der Waals surface area contributed by atoms with Gasteiger partial charge in [-0.2, -0.15) is 9.97 Å². The number of rotatable bonds is 7. The predicted molar refractivity (Wildman–Crippen MR) is 165 cm³/mol. The Labute approximate surface area is 250 Å². The number of hydrogen-bond donors (Lipinski definition) is 2. The van der Waals surface area contributed by atoms with Gasteiger partial charge in [0, 0.05) is 70.9 Å². The first-order valence-corrected chi connectivity index (χ1v) is 16.2. The van der Waals surface area contributed by atoms with Gasteiger partial charge in [-0.1, -0.05) is 28.1 Å². The van der Waals surface area contributed by atoms with Gasteiger partial charge >= 0.3 is 6.01 Å². The molecule has 41 heavy (non-hydrogen) atoms. The normalized spacial score (nSPS) is 25.1. The van der Waals surface area contributed by atoms with Crippen LogP contribution < -0.4 is 19.9 Å². The highest BCUT2D eigenvalue weighted by Gasteiger charge is 2.45. The third-order valence-corrected chi connectivity index (χ3v) is 10.7. The van der Waals surface area contributed by atoms with Gasteiger partial charge in [0.15, 0.2) is 0 Å². The van der Waals surface area contributed by atoms with Crippen molar-refractivity contribution in [3.63, 3.8) is 0 Å². The molecule has 1 saturated carbocycles. The van der Waals surface area contributed by atoms with Crippen molar-refractivity contribution < 1.29 is 9.84 Å². The van der Waals surface area contributed by atoms with Crippen LogP contribution in [0.4, 0.5) is 11.5 Å². The van der Waals surface area contributed by atoms with Crippen molar-refractivity contribution in [3.05, 3.63) is 46.1 Å². The molecule has 4 fully saturated rings. The average Bonchev–Trinajstić information content (AvgIpc) is 3.37. The molecule has 5 aliphatic rings. The number of halogens is 1. The summed E-state index contributed by atoms with van der Waals surface area (Å²) in [5.74, 6) is 1.36. The number of benzene rings is 2. The lowest BCUT2D eigenvalue weighted by atomic mass is 10.0. The molecule has 1 aliphatic carbocycles. The molecule has 0 spiro atoms. The Morgan fingerprint density at radius 1 is 1.02 bits per heavy atom. The van der Waals surface area contributed by atoms with Crippen molar-refractivity contribution in [2.24, 2.45) is 5.41 Å². The third-order valence-electron chi connectivity index (χ3n) is 9.99. The fourth-order valence-corrected chi connectivity index (χ4v) is 8.23. The Balaban J connectivity index is 1.12. The Morgan fingerprint density at radius 2 is 1.83 bits per heavy atom. The first-order chi connectivity index (χ1) is 20.0. The molecule has 9 heteroatoms. The zero-order valence-corrected chi connectivity index (χ0v) is 25.2. The van der Waals surface area contributed by atoms with Crippen LogP contribution in [-0.2, 0) is 13.0 Å². The number of hydrogen-bond acceptors (Lipinski definition) is 8. The van der Waals surface area contributed by atoms with Crippen LogP contribution in [0.5, 0.6) is 11.8 Å². The number of fused-ring (bicyclic) bond motifs is 4. The summed E-state index contributed by atoms with van der Waals surface area (Å²) >= 11 is 3.77. The molecule has 2 N–H and O–H groups in total. The van der Waals surface area contributed by atoms with Crippen LogP contribution in [0.2, 0.25) is 0 Å². The standard InChI is InChI=1S/C32H39BrN6O2/c33-26-5-3-4-21-14-24(40)15-28(29(21)26)38-13-8-25-27(18-38)35-31(36-30(25)39-16-22-6-7-23(17-39)34-22)41-20-32(9-10-32)19-37-11-1-2-12-37/h3-5,14-15,22-23,34,40H,1-2,6-13,16-20H2. The number of anilines is 2. The van der Waals surface area contributed by atoms with E-state index < -0.39 is 0 Å². The molecule has 8 nitrogen and oxygen atoms in total. The van der Waals surface area contributed by atoms with E-state index in [1.165, 1.54) is 57.2 Å². The predicted octanol–water partition coefficient (Wildman–Crippen LogP) is 4.86. The SMILES string of the molecule is Oc1cc(N2CCc3c(nc(OCC4(CN5CCCC5)CC4)nc3N3CC4CCC(C3)N4)C2)c2c(Br)cccc2c1. The highest BCUT2D eigenvalue weighted by molar-refractivity contribution is 9.10. The van der Waals surface area contributed by atoms with Crippen molar-refractivity contribution in [2.75, 3.05) is 55.7 Å². The topological polar surface area (TPSA) is 77.0 Å². The lowest BCUT2D eigenvalue weighted by Gasteiger charge is -2.37. The minimum absolute atomic E-state index is 0.261. The van der Waals surface area contributed by atoms with Crippen molar-refractivity contribution in [1.82, 2.24) is 20.2 Å². The quantitative estimate of drug-likeness (QED) is 0.389. The highest BCUT2D eigenvalue weighted by Crippen LogP contribution is 2.47. The van der Waals surface area contributed by atoms with Gasteiger partial charge in [-0.3, -0.25) is 0 Å². The summed E-state index contributed by atoms with van der Waals surface area (Å²) in [5.41, 5.74) is 3.60. The maximum absolute atomic E-state index is 10.6. The summed E-state index contributed by atoms with van der Waals surface area (Å²) in [5, 5.41) is 16.5. The number of aromatic hydroxyl groups is 1.